The molecule has 0 radical (unpaired) electrons. The highest BCUT2D eigenvalue weighted by Gasteiger charge is 2.37. The summed E-state index contributed by atoms with van der Waals surface area (Å²) in [5, 5.41) is 15.2. The van der Waals surface area contributed by atoms with Gasteiger partial charge >= 0.3 is 5.97 Å². The van der Waals surface area contributed by atoms with Crippen molar-refractivity contribution >= 4 is 22.5 Å². The molecule has 3 aromatic carbocycles. The molecule has 3 N–H and O–H groups in total. The Labute approximate surface area is 177 Å². The number of hydrazone groups is 1. The van der Waals surface area contributed by atoms with Gasteiger partial charge < -0.3 is 10.9 Å². The fourth-order valence-corrected chi connectivity index (χ4v) is 4.58. The first kappa shape index (κ1) is 20.1. The number of aromatic carboxylic acids is 1. The third-order valence-corrected chi connectivity index (χ3v) is 6.62. The summed E-state index contributed by atoms with van der Waals surface area (Å²) in [6.07, 6.45) is 2.32. The minimum absolute atomic E-state index is 0.108. The molecule has 154 valence electrons. The van der Waals surface area contributed by atoms with Gasteiger partial charge in [-0.05, 0) is 69.8 Å². The van der Waals surface area contributed by atoms with Crippen LogP contribution >= 0.6 is 0 Å². The van der Waals surface area contributed by atoms with E-state index < -0.39 is 5.97 Å². The standard InChI is InChI=1S/C26H28N2O2/c1-25(2)11-12-26(3,4)22-15-19(9-10-21(22)25)23(28-27)18-7-5-17-14-20(24(29)30)8-6-16(17)13-18/h5-10,13-15H,11-12,27H2,1-4H3,(H,29,30)/b28-23-. The predicted molar refractivity (Wildman–Crippen MR) is 122 cm³/mol. The Balaban J connectivity index is 1.80. The van der Waals surface area contributed by atoms with Gasteiger partial charge in [0.05, 0.1) is 11.3 Å². The van der Waals surface area contributed by atoms with Crippen LogP contribution in [0.2, 0.25) is 0 Å². The number of fused-ring (bicyclic) bond motifs is 2. The van der Waals surface area contributed by atoms with Crippen molar-refractivity contribution in [2.24, 2.45) is 10.9 Å². The van der Waals surface area contributed by atoms with E-state index in [4.69, 9.17) is 5.84 Å². The van der Waals surface area contributed by atoms with Gasteiger partial charge in [-0.3, -0.25) is 0 Å². The third-order valence-electron chi connectivity index (χ3n) is 6.62. The van der Waals surface area contributed by atoms with Crippen molar-refractivity contribution in [3.63, 3.8) is 0 Å². The van der Waals surface area contributed by atoms with Gasteiger partial charge in [0.1, 0.15) is 0 Å². The molecular weight excluding hydrogens is 372 g/mol. The SMILES string of the molecule is CC1(C)CCC(C)(C)c2cc(/C(=N\N)c3ccc4cc(C(=O)O)ccc4c3)ccc21. The second kappa shape index (κ2) is 6.98. The molecule has 0 amide bonds. The maximum atomic E-state index is 11.2. The van der Waals surface area contributed by atoms with E-state index in [0.717, 1.165) is 34.0 Å². The molecule has 1 aliphatic carbocycles. The Morgan fingerprint density at radius 2 is 1.30 bits per heavy atom. The monoisotopic (exact) mass is 400 g/mol. The molecule has 0 fully saturated rings. The van der Waals surface area contributed by atoms with E-state index in [0.29, 0.717) is 0 Å². The zero-order valence-electron chi connectivity index (χ0n) is 18.0. The van der Waals surface area contributed by atoms with E-state index in [-0.39, 0.29) is 16.4 Å². The van der Waals surface area contributed by atoms with Crippen LogP contribution < -0.4 is 5.84 Å². The summed E-state index contributed by atoms with van der Waals surface area (Å²) < 4.78 is 0. The van der Waals surface area contributed by atoms with Crippen LogP contribution in [0.4, 0.5) is 0 Å². The van der Waals surface area contributed by atoms with Crippen molar-refractivity contribution in [1.82, 2.24) is 0 Å². The summed E-state index contributed by atoms with van der Waals surface area (Å²) in [5.74, 6) is 4.93. The van der Waals surface area contributed by atoms with E-state index in [1.54, 1.807) is 12.1 Å². The molecule has 0 spiro atoms. The van der Waals surface area contributed by atoms with Crippen molar-refractivity contribution in [1.29, 1.82) is 0 Å². The normalized spacial score (nSPS) is 17.5. The van der Waals surface area contributed by atoms with Gasteiger partial charge in [-0.15, -0.1) is 0 Å². The quantitative estimate of drug-likeness (QED) is 0.341. The Hall–Kier alpha value is -3.14. The second-order valence-electron chi connectivity index (χ2n) is 9.59. The Morgan fingerprint density at radius 3 is 1.90 bits per heavy atom. The highest BCUT2D eigenvalue weighted by Crippen LogP contribution is 2.46. The number of carboxylic acids is 1. The van der Waals surface area contributed by atoms with Gasteiger partial charge in [-0.25, -0.2) is 4.79 Å². The van der Waals surface area contributed by atoms with E-state index in [1.807, 2.05) is 24.3 Å². The summed E-state index contributed by atoms with van der Waals surface area (Å²) in [5.41, 5.74) is 5.97. The van der Waals surface area contributed by atoms with E-state index >= 15 is 0 Å². The summed E-state index contributed by atoms with van der Waals surface area (Å²) in [6, 6.07) is 17.6. The highest BCUT2D eigenvalue weighted by atomic mass is 16.4. The minimum atomic E-state index is -0.926. The zero-order valence-corrected chi connectivity index (χ0v) is 18.0. The number of carboxylic acid groups (broad SMARTS) is 1. The van der Waals surface area contributed by atoms with Crippen LogP contribution in [-0.4, -0.2) is 16.8 Å². The third kappa shape index (κ3) is 3.36. The first-order valence-corrected chi connectivity index (χ1v) is 10.3. The fourth-order valence-electron chi connectivity index (χ4n) is 4.58. The van der Waals surface area contributed by atoms with Gasteiger partial charge in [-0.2, -0.15) is 5.10 Å². The van der Waals surface area contributed by atoms with Crippen LogP contribution in [0, 0.1) is 0 Å². The maximum Gasteiger partial charge on any atom is 0.335 e. The van der Waals surface area contributed by atoms with Crippen LogP contribution in [-0.2, 0) is 10.8 Å². The predicted octanol–water partition coefficient (Wildman–Crippen LogP) is 5.60. The van der Waals surface area contributed by atoms with E-state index in [2.05, 4.69) is 51.0 Å². The van der Waals surface area contributed by atoms with Crippen molar-refractivity contribution in [2.75, 3.05) is 0 Å². The molecule has 0 unspecified atom stereocenters. The average molecular weight is 401 g/mol. The van der Waals surface area contributed by atoms with Crippen molar-refractivity contribution in [3.05, 3.63) is 82.4 Å². The Bertz CT molecular complexity index is 1190. The van der Waals surface area contributed by atoms with Gasteiger partial charge in [0.15, 0.2) is 0 Å². The van der Waals surface area contributed by atoms with Gasteiger partial charge in [0.25, 0.3) is 0 Å². The smallest absolute Gasteiger partial charge is 0.335 e. The lowest BCUT2D eigenvalue weighted by atomic mass is 9.63. The van der Waals surface area contributed by atoms with Crippen molar-refractivity contribution in [3.8, 4) is 0 Å². The van der Waals surface area contributed by atoms with Gasteiger partial charge in [-0.1, -0.05) is 58.0 Å². The van der Waals surface area contributed by atoms with Crippen LogP contribution in [0.1, 0.15) is 73.1 Å². The molecule has 3 aromatic rings. The van der Waals surface area contributed by atoms with Gasteiger partial charge in [0, 0.05) is 11.1 Å². The first-order valence-electron chi connectivity index (χ1n) is 10.3. The number of nitrogens with two attached hydrogens (primary N) is 1. The lowest BCUT2D eigenvalue weighted by Crippen LogP contribution is -2.34. The molecule has 0 atom stereocenters. The second-order valence-corrected chi connectivity index (χ2v) is 9.59. The summed E-state index contributed by atoms with van der Waals surface area (Å²) in [4.78, 5) is 11.2. The van der Waals surface area contributed by atoms with Crippen LogP contribution in [0.25, 0.3) is 10.8 Å². The fraction of sp³-hybridized carbons (Fsp3) is 0.308. The lowest BCUT2D eigenvalue weighted by Gasteiger charge is -2.42. The topological polar surface area (TPSA) is 75.7 Å². The number of rotatable bonds is 3. The number of carbonyl (C=O) groups is 1. The Kier molecular flexibility index (Phi) is 4.69. The Morgan fingerprint density at radius 1 is 0.800 bits per heavy atom. The molecule has 30 heavy (non-hydrogen) atoms. The van der Waals surface area contributed by atoms with Crippen LogP contribution in [0.3, 0.4) is 0 Å². The maximum absolute atomic E-state index is 11.2. The molecule has 0 aliphatic heterocycles. The molecular formula is C26H28N2O2. The molecule has 4 heteroatoms. The minimum Gasteiger partial charge on any atom is -0.478 e. The molecule has 0 bridgehead atoms. The number of hydrogen-bond acceptors (Lipinski definition) is 3. The number of nitrogens with zero attached hydrogens (tertiary/aromatic N) is 1. The highest BCUT2D eigenvalue weighted by molar-refractivity contribution is 6.14. The molecule has 4 rings (SSSR count). The van der Waals surface area contributed by atoms with Crippen LogP contribution in [0.15, 0.2) is 59.7 Å². The largest absolute Gasteiger partial charge is 0.478 e. The lowest BCUT2D eigenvalue weighted by molar-refractivity contribution is 0.0697. The van der Waals surface area contributed by atoms with Gasteiger partial charge in [0.2, 0.25) is 0 Å². The zero-order chi connectivity index (χ0) is 21.7. The van der Waals surface area contributed by atoms with E-state index in [1.165, 1.54) is 17.5 Å². The molecule has 0 saturated heterocycles. The number of hydrogen-bond donors (Lipinski definition) is 2. The average Bonchev–Trinajstić information content (AvgIpc) is 2.71. The van der Waals surface area contributed by atoms with Crippen LogP contribution in [0.5, 0.6) is 0 Å². The van der Waals surface area contributed by atoms with Crippen molar-refractivity contribution < 1.29 is 9.90 Å². The number of benzene rings is 3. The first-order chi connectivity index (χ1) is 14.1. The van der Waals surface area contributed by atoms with E-state index in [9.17, 15) is 9.90 Å². The molecule has 0 heterocycles. The summed E-state index contributed by atoms with van der Waals surface area (Å²) in [6.45, 7) is 9.24. The summed E-state index contributed by atoms with van der Waals surface area (Å²) in [7, 11) is 0. The molecule has 1 aliphatic rings. The molecule has 0 saturated carbocycles. The molecule has 0 aromatic heterocycles. The molecule has 4 nitrogen and oxygen atoms in total. The van der Waals surface area contributed by atoms with Crippen molar-refractivity contribution in [2.45, 2.75) is 51.4 Å². The summed E-state index contributed by atoms with van der Waals surface area (Å²) >= 11 is 0.